The standard InChI is InChI=1S/C14H22BrNOS/c1-14(2,3)10-6-4-9(5-7-10)11(17)12-13(15)16-8-18-12/h8-11,17H,4-7H2,1-3H3. The molecule has 2 nitrogen and oxygen atoms in total. The minimum atomic E-state index is -0.340. The molecule has 18 heavy (non-hydrogen) atoms. The maximum Gasteiger partial charge on any atom is 0.122 e. The van der Waals surface area contributed by atoms with E-state index in [1.807, 2.05) is 0 Å². The molecular formula is C14H22BrNOS. The van der Waals surface area contributed by atoms with Crippen molar-refractivity contribution in [2.45, 2.75) is 52.6 Å². The molecule has 1 aliphatic carbocycles. The van der Waals surface area contributed by atoms with Crippen molar-refractivity contribution in [3.63, 3.8) is 0 Å². The van der Waals surface area contributed by atoms with Gasteiger partial charge in [0.15, 0.2) is 0 Å². The predicted octanol–water partition coefficient (Wildman–Crippen LogP) is 4.79. The zero-order valence-electron chi connectivity index (χ0n) is 11.3. The average Bonchev–Trinajstić information content (AvgIpc) is 2.73. The van der Waals surface area contributed by atoms with Gasteiger partial charge in [0.25, 0.3) is 0 Å². The van der Waals surface area contributed by atoms with Gasteiger partial charge in [-0.2, -0.15) is 0 Å². The molecule has 1 unspecified atom stereocenters. The quantitative estimate of drug-likeness (QED) is 0.844. The first kappa shape index (κ1) is 14.5. The molecule has 2 rings (SSSR count). The van der Waals surface area contributed by atoms with Crippen molar-refractivity contribution in [2.75, 3.05) is 0 Å². The van der Waals surface area contributed by atoms with Crippen LogP contribution in [0, 0.1) is 17.3 Å². The van der Waals surface area contributed by atoms with Crippen molar-refractivity contribution in [3.8, 4) is 0 Å². The van der Waals surface area contributed by atoms with Crippen molar-refractivity contribution >= 4 is 27.3 Å². The number of halogens is 1. The van der Waals surface area contributed by atoms with E-state index in [0.29, 0.717) is 11.3 Å². The van der Waals surface area contributed by atoms with Crippen LogP contribution in [-0.4, -0.2) is 10.1 Å². The fraction of sp³-hybridized carbons (Fsp3) is 0.786. The van der Waals surface area contributed by atoms with Gasteiger partial charge in [0.1, 0.15) is 4.60 Å². The molecule has 1 heterocycles. The van der Waals surface area contributed by atoms with Crippen LogP contribution >= 0.6 is 27.3 Å². The number of hydrogen-bond donors (Lipinski definition) is 1. The number of aliphatic hydroxyl groups excluding tert-OH is 1. The summed E-state index contributed by atoms with van der Waals surface area (Å²) in [6.45, 7) is 6.98. The number of nitrogens with zero attached hydrogens (tertiary/aromatic N) is 1. The van der Waals surface area contributed by atoms with Crippen molar-refractivity contribution in [3.05, 3.63) is 15.0 Å². The van der Waals surface area contributed by atoms with Crippen LogP contribution in [-0.2, 0) is 0 Å². The summed E-state index contributed by atoms with van der Waals surface area (Å²) in [5.74, 6) is 1.20. The molecule has 0 radical (unpaired) electrons. The van der Waals surface area contributed by atoms with Crippen LogP contribution < -0.4 is 0 Å². The summed E-state index contributed by atoms with van der Waals surface area (Å²) in [6.07, 6.45) is 4.40. The number of aromatic nitrogens is 1. The SMILES string of the molecule is CC(C)(C)C1CCC(C(O)c2scnc2Br)CC1. The Bertz CT molecular complexity index is 391. The Kier molecular flexibility index (Phi) is 4.50. The minimum Gasteiger partial charge on any atom is -0.387 e. The summed E-state index contributed by atoms with van der Waals surface area (Å²) in [6, 6.07) is 0. The minimum absolute atomic E-state index is 0.340. The molecular weight excluding hydrogens is 310 g/mol. The third-order valence-corrected chi connectivity index (χ3v) is 6.05. The lowest BCUT2D eigenvalue weighted by Gasteiger charge is -2.38. The van der Waals surface area contributed by atoms with Gasteiger partial charge in [-0.25, -0.2) is 4.98 Å². The second-order valence-corrected chi connectivity index (χ2v) is 8.07. The summed E-state index contributed by atoms with van der Waals surface area (Å²) in [5, 5.41) is 10.4. The first-order chi connectivity index (χ1) is 8.39. The molecule has 1 fully saturated rings. The lowest BCUT2D eigenvalue weighted by Crippen LogP contribution is -2.28. The highest BCUT2D eigenvalue weighted by atomic mass is 79.9. The van der Waals surface area contributed by atoms with Crippen LogP contribution in [0.1, 0.15) is 57.4 Å². The van der Waals surface area contributed by atoms with Gasteiger partial charge in [0, 0.05) is 0 Å². The molecule has 1 aliphatic rings. The zero-order chi connectivity index (χ0) is 13.3. The number of thiazole rings is 1. The fourth-order valence-corrected chi connectivity index (χ4v) is 4.45. The van der Waals surface area contributed by atoms with E-state index in [2.05, 4.69) is 41.7 Å². The summed E-state index contributed by atoms with van der Waals surface area (Å²) in [7, 11) is 0. The molecule has 0 amide bonds. The smallest absolute Gasteiger partial charge is 0.122 e. The van der Waals surface area contributed by atoms with Crippen LogP contribution in [0.15, 0.2) is 10.1 Å². The molecule has 1 aromatic rings. The van der Waals surface area contributed by atoms with Crippen molar-refractivity contribution in [1.29, 1.82) is 0 Å². The van der Waals surface area contributed by atoms with E-state index in [-0.39, 0.29) is 6.10 Å². The van der Waals surface area contributed by atoms with Gasteiger partial charge in [-0.15, -0.1) is 11.3 Å². The highest BCUT2D eigenvalue weighted by molar-refractivity contribution is 9.10. The maximum absolute atomic E-state index is 10.4. The van der Waals surface area contributed by atoms with Gasteiger partial charge >= 0.3 is 0 Å². The zero-order valence-corrected chi connectivity index (χ0v) is 13.7. The Labute approximate surface area is 122 Å². The van der Waals surface area contributed by atoms with E-state index in [1.54, 1.807) is 16.8 Å². The third-order valence-electron chi connectivity index (χ3n) is 4.26. The van der Waals surface area contributed by atoms with Gasteiger partial charge in [-0.1, -0.05) is 20.8 Å². The molecule has 0 spiro atoms. The van der Waals surface area contributed by atoms with E-state index in [4.69, 9.17) is 0 Å². The normalized spacial score (nSPS) is 27.2. The largest absolute Gasteiger partial charge is 0.387 e. The maximum atomic E-state index is 10.4. The lowest BCUT2D eigenvalue weighted by molar-refractivity contribution is 0.0544. The Hall–Kier alpha value is 0.0700. The van der Waals surface area contributed by atoms with Crippen LogP contribution in [0.3, 0.4) is 0 Å². The van der Waals surface area contributed by atoms with Crippen LogP contribution in [0.4, 0.5) is 0 Å². The van der Waals surface area contributed by atoms with Crippen molar-refractivity contribution < 1.29 is 5.11 Å². The molecule has 4 heteroatoms. The fourth-order valence-electron chi connectivity index (χ4n) is 2.95. The summed E-state index contributed by atoms with van der Waals surface area (Å²) in [4.78, 5) is 5.16. The van der Waals surface area contributed by atoms with Crippen molar-refractivity contribution in [2.24, 2.45) is 17.3 Å². The molecule has 1 atom stereocenters. The first-order valence-electron chi connectivity index (χ1n) is 6.66. The monoisotopic (exact) mass is 331 g/mol. The molecule has 0 aliphatic heterocycles. The van der Waals surface area contributed by atoms with Gasteiger partial charge in [-0.05, 0) is 58.9 Å². The van der Waals surface area contributed by atoms with Crippen molar-refractivity contribution in [1.82, 2.24) is 4.98 Å². The van der Waals surface area contributed by atoms with Gasteiger partial charge in [0.2, 0.25) is 0 Å². The van der Waals surface area contributed by atoms with Crippen LogP contribution in [0.2, 0.25) is 0 Å². The van der Waals surface area contributed by atoms with Gasteiger partial charge in [0.05, 0.1) is 16.5 Å². The highest BCUT2D eigenvalue weighted by Crippen LogP contribution is 2.44. The second-order valence-electron chi connectivity index (χ2n) is 6.43. The first-order valence-corrected chi connectivity index (χ1v) is 8.34. The Morgan fingerprint density at radius 1 is 1.33 bits per heavy atom. The molecule has 1 N–H and O–H groups in total. The second kappa shape index (κ2) is 5.59. The summed E-state index contributed by atoms with van der Waals surface area (Å²) < 4.78 is 0.818. The average molecular weight is 332 g/mol. The number of aliphatic hydroxyl groups is 1. The van der Waals surface area contributed by atoms with Gasteiger partial charge in [-0.3, -0.25) is 0 Å². The molecule has 1 aromatic heterocycles. The van der Waals surface area contributed by atoms with E-state index in [1.165, 1.54) is 12.8 Å². The number of rotatable bonds is 2. The van der Waals surface area contributed by atoms with E-state index in [9.17, 15) is 5.11 Å². The van der Waals surface area contributed by atoms with Crippen LogP contribution in [0.5, 0.6) is 0 Å². The molecule has 1 saturated carbocycles. The third kappa shape index (κ3) is 3.14. The van der Waals surface area contributed by atoms with Gasteiger partial charge < -0.3 is 5.11 Å². The van der Waals surface area contributed by atoms with E-state index in [0.717, 1.165) is 28.2 Å². The summed E-state index contributed by atoms with van der Waals surface area (Å²) in [5.41, 5.74) is 2.20. The van der Waals surface area contributed by atoms with E-state index < -0.39 is 0 Å². The lowest BCUT2D eigenvalue weighted by atomic mass is 9.69. The predicted molar refractivity (Wildman–Crippen MR) is 79.7 cm³/mol. The molecule has 0 aromatic carbocycles. The Balaban J connectivity index is 1.96. The molecule has 0 bridgehead atoms. The molecule has 102 valence electrons. The van der Waals surface area contributed by atoms with E-state index >= 15 is 0 Å². The van der Waals surface area contributed by atoms with Crippen LogP contribution in [0.25, 0.3) is 0 Å². The Morgan fingerprint density at radius 2 is 1.94 bits per heavy atom. The molecule has 0 saturated heterocycles. The number of hydrogen-bond acceptors (Lipinski definition) is 3. The summed E-state index contributed by atoms with van der Waals surface area (Å²) >= 11 is 4.97. The Morgan fingerprint density at radius 3 is 2.39 bits per heavy atom. The highest BCUT2D eigenvalue weighted by Gasteiger charge is 2.33. The topological polar surface area (TPSA) is 33.1 Å².